The number of primary amides is 2. The van der Waals surface area contributed by atoms with E-state index in [9.17, 15) is 9.59 Å². The summed E-state index contributed by atoms with van der Waals surface area (Å²) < 4.78 is 13.8. The van der Waals surface area contributed by atoms with Crippen molar-refractivity contribution in [2.45, 2.75) is 39.3 Å². The van der Waals surface area contributed by atoms with Gasteiger partial charge in [-0.25, -0.2) is 4.98 Å². The van der Waals surface area contributed by atoms with Crippen LogP contribution in [0.4, 0.5) is 17.3 Å². The number of piperidine rings is 1. The van der Waals surface area contributed by atoms with Gasteiger partial charge in [0, 0.05) is 56.9 Å². The first kappa shape index (κ1) is 39.2. The van der Waals surface area contributed by atoms with E-state index in [-0.39, 0.29) is 18.2 Å². The Bertz CT molecular complexity index is 1810. The van der Waals surface area contributed by atoms with Crippen LogP contribution in [0, 0.1) is 0 Å². The molecule has 0 bridgehead atoms. The van der Waals surface area contributed by atoms with E-state index in [4.69, 9.17) is 32.4 Å². The number of allylic oxidation sites excluding steroid dienone is 2. The van der Waals surface area contributed by atoms with Crippen LogP contribution in [0.3, 0.4) is 0 Å². The third-order valence-corrected chi connectivity index (χ3v) is 8.62. The molecule has 1 fully saturated rings. The molecule has 3 aromatic rings. The molecule has 52 heavy (non-hydrogen) atoms. The van der Waals surface area contributed by atoms with Crippen molar-refractivity contribution in [2.24, 2.45) is 22.3 Å². The van der Waals surface area contributed by atoms with Crippen molar-refractivity contribution in [3.05, 3.63) is 71.8 Å². The van der Waals surface area contributed by atoms with Crippen LogP contribution in [-0.2, 0) is 6.54 Å². The molecule has 280 valence electrons. The summed E-state index contributed by atoms with van der Waals surface area (Å²) in [6.07, 6.45) is 14.0. The minimum Gasteiger partial charge on any atom is -0.494 e. The van der Waals surface area contributed by atoms with Crippen molar-refractivity contribution in [1.82, 2.24) is 19.9 Å². The lowest BCUT2D eigenvalue weighted by Gasteiger charge is -2.29. The largest absolute Gasteiger partial charge is 0.494 e. The predicted octanol–water partition coefficient (Wildman–Crippen LogP) is 2.83. The van der Waals surface area contributed by atoms with Crippen LogP contribution >= 0.6 is 0 Å². The van der Waals surface area contributed by atoms with Gasteiger partial charge in [0.2, 0.25) is 17.8 Å². The molecule has 0 saturated carbocycles. The minimum atomic E-state index is -0.602. The van der Waals surface area contributed by atoms with Gasteiger partial charge in [0.1, 0.15) is 29.3 Å². The number of anilines is 3. The second-order valence-electron chi connectivity index (χ2n) is 12.4. The van der Waals surface area contributed by atoms with Gasteiger partial charge in [-0.2, -0.15) is 5.10 Å². The van der Waals surface area contributed by atoms with Crippen molar-refractivity contribution in [3.63, 3.8) is 0 Å². The Morgan fingerprint density at radius 1 is 1.00 bits per heavy atom. The zero-order valence-electron chi connectivity index (χ0n) is 30.6. The van der Waals surface area contributed by atoms with Crippen LogP contribution in [0.25, 0.3) is 11.0 Å². The number of nitrogens with one attached hydrogen (secondary N) is 2. The maximum Gasteiger partial charge on any atom is 0.248 e. The third-order valence-electron chi connectivity index (χ3n) is 8.62. The van der Waals surface area contributed by atoms with Crippen LogP contribution < -0.4 is 48.1 Å². The van der Waals surface area contributed by atoms with E-state index in [2.05, 4.69) is 31.8 Å². The van der Waals surface area contributed by atoms with Crippen LogP contribution in [0.5, 0.6) is 11.5 Å². The van der Waals surface area contributed by atoms with Gasteiger partial charge in [0.25, 0.3) is 0 Å². The zero-order valence-corrected chi connectivity index (χ0v) is 30.6. The molecule has 4 rings (SSSR count). The Morgan fingerprint density at radius 3 is 2.35 bits per heavy atom. The third kappa shape index (κ3) is 10.5. The van der Waals surface area contributed by atoms with Gasteiger partial charge in [-0.1, -0.05) is 30.4 Å². The van der Waals surface area contributed by atoms with E-state index in [1.165, 1.54) is 7.11 Å². The standard InChI is InChI=1S/C37H53N11O4/c1-5-43-45-25(2)11-10-16-47(15-6-7-17-48-34-30(44-37(48)42-3)22-27(36(41)50)23-31(34)51-4)33-29(39)21-26(35(40)49)24-32(33)52-20-9-8-14-46-18-12-28(38)13-19-46/h6-11,21-24,28,43H,5,12-20,38-39H2,1-4H3,(H2,40,49)(H2,41,50)(H,42,44)/b7-6+,9-8+,11-10+,45-25-. The summed E-state index contributed by atoms with van der Waals surface area (Å²) in [5.41, 5.74) is 30.5. The lowest BCUT2D eigenvalue weighted by molar-refractivity contribution is 0.0991. The van der Waals surface area contributed by atoms with Gasteiger partial charge in [-0.3, -0.25) is 14.5 Å². The van der Waals surface area contributed by atoms with Gasteiger partial charge in [0.15, 0.2) is 0 Å². The maximum absolute atomic E-state index is 12.2. The number of hydrazone groups is 1. The fourth-order valence-electron chi connectivity index (χ4n) is 5.91. The number of methoxy groups -OCH3 is 1. The maximum atomic E-state index is 12.2. The monoisotopic (exact) mass is 715 g/mol. The highest BCUT2D eigenvalue weighted by Gasteiger charge is 2.20. The molecule has 0 atom stereocenters. The number of carbonyl (C=O) groups excluding carboxylic acids is 2. The molecule has 0 spiro atoms. The minimum absolute atomic E-state index is 0.254. The highest BCUT2D eigenvalue weighted by molar-refractivity contribution is 5.99. The summed E-state index contributed by atoms with van der Waals surface area (Å²) >= 11 is 0. The number of likely N-dealkylation sites (tertiary alicyclic amines) is 1. The summed E-state index contributed by atoms with van der Waals surface area (Å²) in [5.74, 6) is 0.343. The van der Waals surface area contributed by atoms with Crippen LogP contribution in [0.2, 0.25) is 0 Å². The highest BCUT2D eigenvalue weighted by Crippen LogP contribution is 2.36. The number of hydrogen-bond donors (Lipinski definition) is 6. The second-order valence-corrected chi connectivity index (χ2v) is 12.4. The molecule has 1 aliphatic rings. The first-order valence-corrected chi connectivity index (χ1v) is 17.4. The fourth-order valence-corrected chi connectivity index (χ4v) is 5.91. The summed E-state index contributed by atoms with van der Waals surface area (Å²) in [6, 6.07) is 6.74. The van der Waals surface area contributed by atoms with Crippen LogP contribution in [-0.4, -0.2) is 98.1 Å². The Morgan fingerprint density at radius 2 is 1.67 bits per heavy atom. The molecule has 2 amide bonds. The van der Waals surface area contributed by atoms with Gasteiger partial charge >= 0.3 is 0 Å². The van der Waals surface area contributed by atoms with Gasteiger partial charge in [0.05, 0.1) is 24.0 Å². The zero-order chi connectivity index (χ0) is 37.6. The first-order chi connectivity index (χ1) is 25.1. The smallest absolute Gasteiger partial charge is 0.248 e. The number of nitrogen functional groups attached to an aromatic ring is 1. The van der Waals surface area contributed by atoms with E-state index in [1.807, 2.05) is 53.7 Å². The molecule has 1 aliphatic heterocycles. The molecule has 2 aromatic carbocycles. The number of ether oxygens (including phenoxy) is 2. The molecule has 15 nitrogen and oxygen atoms in total. The van der Waals surface area contributed by atoms with E-state index in [0.29, 0.717) is 66.1 Å². The second kappa shape index (κ2) is 19.2. The quantitative estimate of drug-likeness (QED) is 0.0459. The summed E-state index contributed by atoms with van der Waals surface area (Å²) in [4.78, 5) is 33.2. The first-order valence-electron chi connectivity index (χ1n) is 17.4. The van der Waals surface area contributed by atoms with E-state index < -0.39 is 11.8 Å². The number of benzene rings is 2. The van der Waals surface area contributed by atoms with Crippen molar-refractivity contribution < 1.29 is 19.1 Å². The van der Waals surface area contributed by atoms with Gasteiger partial charge in [-0.15, -0.1) is 0 Å². The molecule has 10 N–H and O–H groups in total. The Labute approximate surface area is 305 Å². The molecule has 2 heterocycles. The van der Waals surface area contributed by atoms with Crippen molar-refractivity contribution in [1.29, 1.82) is 0 Å². The Hall–Kier alpha value is -5.54. The normalized spacial score (nSPS) is 14.5. The summed E-state index contributed by atoms with van der Waals surface area (Å²) in [6.45, 7) is 8.95. The van der Waals surface area contributed by atoms with E-state index in [0.717, 1.165) is 43.7 Å². The number of amides is 2. The number of rotatable bonds is 19. The topological polar surface area (TPSA) is 217 Å². The van der Waals surface area contributed by atoms with Crippen molar-refractivity contribution >= 4 is 45.9 Å². The van der Waals surface area contributed by atoms with E-state index in [1.54, 1.807) is 31.3 Å². The average molecular weight is 716 g/mol. The molecule has 1 aromatic heterocycles. The van der Waals surface area contributed by atoms with Crippen LogP contribution in [0.1, 0.15) is 47.4 Å². The lowest BCUT2D eigenvalue weighted by atomic mass is 10.1. The summed E-state index contributed by atoms with van der Waals surface area (Å²) in [5, 5.41) is 7.44. The molecule has 1 saturated heterocycles. The number of fused-ring (bicyclic) bond motifs is 1. The lowest BCUT2D eigenvalue weighted by Crippen LogP contribution is -2.39. The number of aromatic nitrogens is 2. The van der Waals surface area contributed by atoms with Crippen molar-refractivity contribution in [2.75, 3.05) is 76.0 Å². The SMILES string of the molecule is CCN/N=C(C)\C=C\CN(C/C=C/Cn1c(NC)nc2cc(C(N)=O)cc(OC)c21)c1c(N)cc(C(N)=O)cc1OC/C=C/CN1CCC(N)CC1. The van der Waals surface area contributed by atoms with Crippen molar-refractivity contribution in [3.8, 4) is 11.5 Å². The van der Waals surface area contributed by atoms with Gasteiger partial charge < -0.3 is 52.6 Å². The van der Waals surface area contributed by atoms with E-state index >= 15 is 0 Å². The molecule has 15 heteroatoms. The highest BCUT2D eigenvalue weighted by atomic mass is 16.5. The number of nitrogens with zero attached hydrogens (tertiary/aromatic N) is 5. The average Bonchev–Trinajstić information content (AvgIpc) is 3.49. The Balaban J connectivity index is 1.61. The fraction of sp³-hybridized carbons (Fsp3) is 0.405. The summed E-state index contributed by atoms with van der Waals surface area (Å²) in [7, 11) is 3.31. The Kier molecular flexibility index (Phi) is 14.5. The molecule has 0 radical (unpaired) electrons. The number of hydrogen-bond acceptors (Lipinski definition) is 12. The van der Waals surface area contributed by atoms with Crippen LogP contribution in [0.15, 0.2) is 65.8 Å². The number of carbonyl (C=O) groups is 2. The number of nitrogens with two attached hydrogens (primary N) is 4. The predicted molar refractivity (Wildman–Crippen MR) is 209 cm³/mol. The molecule has 0 aliphatic carbocycles. The van der Waals surface area contributed by atoms with Gasteiger partial charge in [-0.05, 0) is 70.1 Å². The molecular weight excluding hydrogens is 662 g/mol. The molecular formula is C37H53N11O4. The number of imidazole rings is 1. The molecule has 0 unspecified atom stereocenters.